The molecule has 4 rings (SSSR count). The zero-order valence-corrected chi connectivity index (χ0v) is 22.8. The van der Waals surface area contributed by atoms with Gasteiger partial charge >= 0.3 is 0 Å². The van der Waals surface area contributed by atoms with E-state index in [1.54, 1.807) is 58.5 Å². The van der Waals surface area contributed by atoms with Crippen LogP contribution in [0.3, 0.4) is 0 Å². The summed E-state index contributed by atoms with van der Waals surface area (Å²) in [6, 6.07) is 7.43. The van der Waals surface area contributed by atoms with Crippen LogP contribution in [0.4, 0.5) is 11.4 Å². The number of hydrogen-bond acceptors (Lipinski definition) is 10. The molecule has 0 saturated heterocycles. The summed E-state index contributed by atoms with van der Waals surface area (Å²) in [4.78, 5) is 42.0. The second-order valence-electron chi connectivity index (χ2n) is 10.7. The van der Waals surface area contributed by atoms with Gasteiger partial charge in [-0.2, -0.15) is 0 Å². The van der Waals surface area contributed by atoms with E-state index in [9.17, 15) is 34.8 Å². The minimum absolute atomic E-state index is 0.0416. The predicted octanol–water partition coefficient (Wildman–Crippen LogP) is 1.67. The molecule has 212 valence electrons. The van der Waals surface area contributed by atoms with Crippen molar-refractivity contribution in [2.75, 3.05) is 38.8 Å². The molecule has 2 aliphatic carbocycles. The fourth-order valence-electron chi connectivity index (χ4n) is 5.80. The van der Waals surface area contributed by atoms with Gasteiger partial charge in [0, 0.05) is 36.6 Å². The SMILES string of the molecule is CN(C)c1cc(-c2cccc(N)c2)c(O)c2c1C[C@H]1C[C@H](O)[C@H](N(C)C)/C(O)=C(/C(N)=O)C(=O)CC(=O)C1=C2O. The smallest absolute Gasteiger partial charge is 0.255 e. The lowest BCUT2D eigenvalue weighted by Gasteiger charge is -2.36. The average molecular weight is 551 g/mol. The summed E-state index contributed by atoms with van der Waals surface area (Å²) < 4.78 is 0. The van der Waals surface area contributed by atoms with Gasteiger partial charge in [0.2, 0.25) is 0 Å². The Bertz CT molecular complexity index is 1470. The Morgan fingerprint density at radius 3 is 2.27 bits per heavy atom. The lowest BCUT2D eigenvalue weighted by Crippen LogP contribution is -2.45. The highest BCUT2D eigenvalue weighted by Gasteiger charge is 2.42. The van der Waals surface area contributed by atoms with Gasteiger partial charge in [0.15, 0.2) is 11.6 Å². The number of anilines is 2. The van der Waals surface area contributed by atoms with Crippen LogP contribution >= 0.6 is 0 Å². The molecule has 11 nitrogen and oxygen atoms in total. The molecule has 0 spiro atoms. The number of phenols is 1. The first kappa shape index (κ1) is 28.7. The number of phenolic OH excluding ortho intramolecular Hbond substituents is 1. The number of aliphatic hydroxyl groups excluding tert-OH is 3. The fraction of sp³-hybridized carbons (Fsp3) is 0.345. The number of aliphatic hydroxyl groups is 3. The van der Waals surface area contributed by atoms with Crippen LogP contribution in [-0.4, -0.2) is 83.1 Å². The number of allylic oxidation sites excluding steroid dienone is 1. The number of rotatable bonds is 4. The van der Waals surface area contributed by atoms with Crippen LogP contribution < -0.4 is 16.4 Å². The van der Waals surface area contributed by atoms with Crippen molar-refractivity contribution in [1.82, 2.24) is 4.90 Å². The molecular formula is C29H34N4O7. The molecule has 1 amide bonds. The van der Waals surface area contributed by atoms with Crippen LogP contribution in [0.1, 0.15) is 24.0 Å². The van der Waals surface area contributed by atoms with Crippen molar-refractivity contribution < 1.29 is 34.8 Å². The number of carbonyl (C=O) groups excluding carboxylic acids is 3. The first-order valence-electron chi connectivity index (χ1n) is 12.7. The van der Waals surface area contributed by atoms with Gasteiger partial charge in [-0.1, -0.05) is 12.1 Å². The minimum atomic E-state index is -1.36. The molecule has 0 unspecified atom stereocenters. The molecule has 0 fully saturated rings. The summed E-state index contributed by atoms with van der Waals surface area (Å²) in [5, 5.41) is 45.1. The topological polar surface area (TPSA) is 191 Å². The molecule has 40 heavy (non-hydrogen) atoms. The van der Waals surface area contributed by atoms with Gasteiger partial charge in [-0.3, -0.25) is 19.3 Å². The number of nitrogen functional groups attached to an aromatic ring is 1. The second-order valence-corrected chi connectivity index (χ2v) is 10.7. The Labute approximate surface area is 231 Å². The van der Waals surface area contributed by atoms with Gasteiger partial charge < -0.3 is 36.8 Å². The standard InChI is InChI=1S/C29H34N4O7/c1-32(2)18-11-16(13-6-5-7-15(30)8-13)26(37)23-17(18)9-14-10-21(36)25(33(3)4)28(39)24(29(31)40)20(35)12-19(34)22(14)27(23)38/h5-8,11,14,21,25,36-39H,9-10,12,30H2,1-4H3,(H2,31,40)/b28-24-/t14-,21-,25-/m0/s1. The Kier molecular flexibility index (Phi) is 7.64. The number of amides is 1. The first-order chi connectivity index (χ1) is 18.7. The molecule has 0 bridgehead atoms. The molecule has 2 aromatic rings. The molecular weight excluding hydrogens is 516 g/mol. The van der Waals surface area contributed by atoms with E-state index in [1.807, 2.05) is 4.90 Å². The molecule has 2 aliphatic rings. The average Bonchev–Trinajstić information content (AvgIpc) is 2.82. The van der Waals surface area contributed by atoms with Crippen LogP contribution in [0.25, 0.3) is 16.9 Å². The highest BCUT2D eigenvalue weighted by atomic mass is 16.3. The largest absolute Gasteiger partial charge is 0.510 e. The number of benzene rings is 2. The van der Waals surface area contributed by atoms with Crippen molar-refractivity contribution in [3.8, 4) is 16.9 Å². The lowest BCUT2D eigenvalue weighted by molar-refractivity contribution is -0.125. The summed E-state index contributed by atoms with van der Waals surface area (Å²) in [6.45, 7) is 0. The third-order valence-corrected chi connectivity index (χ3v) is 7.54. The van der Waals surface area contributed by atoms with E-state index in [4.69, 9.17) is 11.5 Å². The maximum absolute atomic E-state index is 13.5. The van der Waals surface area contributed by atoms with Crippen molar-refractivity contribution in [2.45, 2.75) is 31.4 Å². The van der Waals surface area contributed by atoms with Crippen LogP contribution in [-0.2, 0) is 20.8 Å². The molecule has 0 heterocycles. The van der Waals surface area contributed by atoms with Crippen molar-refractivity contribution in [3.63, 3.8) is 0 Å². The van der Waals surface area contributed by atoms with Gasteiger partial charge in [-0.05, 0) is 62.2 Å². The van der Waals surface area contributed by atoms with E-state index >= 15 is 0 Å². The predicted molar refractivity (Wildman–Crippen MR) is 151 cm³/mol. The number of aromatic hydroxyl groups is 1. The molecule has 11 heteroatoms. The summed E-state index contributed by atoms with van der Waals surface area (Å²) in [7, 11) is 6.70. The highest BCUT2D eigenvalue weighted by Crippen LogP contribution is 2.49. The number of fused-ring (bicyclic) bond motifs is 2. The number of carbonyl (C=O) groups is 3. The summed E-state index contributed by atoms with van der Waals surface area (Å²) in [5.74, 6) is -5.35. The summed E-state index contributed by atoms with van der Waals surface area (Å²) in [6.07, 6.45) is -2.18. The zero-order valence-electron chi connectivity index (χ0n) is 22.8. The first-order valence-corrected chi connectivity index (χ1v) is 12.7. The van der Waals surface area contributed by atoms with Gasteiger partial charge in [0.05, 0.1) is 24.1 Å². The number of nitrogens with zero attached hydrogens (tertiary/aromatic N) is 2. The summed E-state index contributed by atoms with van der Waals surface area (Å²) >= 11 is 0. The molecule has 0 saturated carbocycles. The van der Waals surface area contributed by atoms with Crippen LogP contribution in [0.2, 0.25) is 0 Å². The number of nitrogens with two attached hydrogens (primary N) is 2. The third-order valence-electron chi connectivity index (χ3n) is 7.54. The normalized spacial score (nSPS) is 23.6. The van der Waals surface area contributed by atoms with E-state index < -0.39 is 59.0 Å². The van der Waals surface area contributed by atoms with Crippen molar-refractivity contribution in [2.24, 2.45) is 11.7 Å². The van der Waals surface area contributed by atoms with Crippen LogP contribution in [0, 0.1) is 5.92 Å². The third kappa shape index (κ3) is 4.89. The molecule has 3 atom stereocenters. The van der Waals surface area contributed by atoms with Crippen LogP contribution in [0.5, 0.6) is 5.75 Å². The second kappa shape index (κ2) is 10.7. The van der Waals surface area contributed by atoms with Crippen molar-refractivity contribution in [1.29, 1.82) is 0 Å². The monoisotopic (exact) mass is 550 g/mol. The Morgan fingerprint density at radius 2 is 1.70 bits per heavy atom. The maximum atomic E-state index is 13.5. The summed E-state index contributed by atoms with van der Waals surface area (Å²) in [5.41, 5.74) is 13.1. The number of ketones is 2. The quantitative estimate of drug-likeness (QED) is 0.185. The number of primary amides is 1. The maximum Gasteiger partial charge on any atom is 0.255 e. The van der Waals surface area contributed by atoms with Gasteiger partial charge in [0.25, 0.3) is 5.91 Å². The Balaban J connectivity index is 1.98. The van der Waals surface area contributed by atoms with Gasteiger partial charge in [0.1, 0.15) is 22.8 Å². The molecule has 0 aliphatic heterocycles. The number of hydrogen-bond donors (Lipinski definition) is 6. The van der Waals surface area contributed by atoms with Crippen molar-refractivity contribution in [3.05, 3.63) is 58.4 Å². The van der Waals surface area contributed by atoms with Gasteiger partial charge in [-0.25, -0.2) is 0 Å². The van der Waals surface area contributed by atoms with E-state index in [0.717, 1.165) is 0 Å². The highest BCUT2D eigenvalue weighted by molar-refractivity contribution is 6.25. The van der Waals surface area contributed by atoms with Gasteiger partial charge in [-0.15, -0.1) is 0 Å². The Hall–Kier alpha value is -4.35. The molecule has 0 aromatic heterocycles. The van der Waals surface area contributed by atoms with E-state index in [2.05, 4.69) is 0 Å². The molecule has 0 radical (unpaired) electrons. The van der Waals surface area contributed by atoms with E-state index in [-0.39, 0.29) is 29.7 Å². The van der Waals surface area contributed by atoms with Crippen LogP contribution in [0.15, 0.2) is 47.2 Å². The lowest BCUT2D eigenvalue weighted by atomic mass is 9.73. The van der Waals surface area contributed by atoms with E-state index in [1.165, 1.54) is 4.90 Å². The van der Waals surface area contributed by atoms with Crippen molar-refractivity contribution >= 4 is 34.6 Å². The number of Topliss-reactive ketones (excluding diaryl/α,β-unsaturated/α-hetero) is 2. The Morgan fingerprint density at radius 1 is 1.02 bits per heavy atom. The molecule has 8 N–H and O–H groups in total. The van der Waals surface area contributed by atoms with E-state index in [0.29, 0.717) is 28.1 Å². The molecule has 2 aromatic carbocycles. The number of likely N-dealkylation sites (N-methyl/N-ethyl adjacent to an activating group) is 1. The fourth-order valence-corrected chi connectivity index (χ4v) is 5.80. The zero-order chi connectivity index (χ0) is 29.6. The minimum Gasteiger partial charge on any atom is -0.510 e.